The summed E-state index contributed by atoms with van der Waals surface area (Å²) in [6, 6.07) is 6.71. The van der Waals surface area contributed by atoms with E-state index in [1.165, 1.54) is 4.57 Å². The Labute approximate surface area is 96.5 Å². The van der Waals surface area contributed by atoms with Crippen LogP contribution in [0.4, 0.5) is 0 Å². The molecule has 0 fully saturated rings. The molecule has 0 spiro atoms. The van der Waals surface area contributed by atoms with Crippen molar-refractivity contribution >= 4 is 16.9 Å². The number of rotatable bonds is 2. The standard InChI is InChI=1S/C12H11NO4/c1-13-9-5-3-2-4-7(9)11(15)8(6-14)10(13)12(16)17/h2-5,14H,6H2,1H3,(H,16,17). The normalized spacial score (nSPS) is 10.7. The quantitative estimate of drug-likeness (QED) is 0.801. The summed E-state index contributed by atoms with van der Waals surface area (Å²) < 4.78 is 1.41. The number of fused-ring (bicyclic) bond motifs is 1. The van der Waals surface area contributed by atoms with Gasteiger partial charge in [0.1, 0.15) is 5.69 Å². The number of carboxylic acids is 1. The Balaban J connectivity index is 3.05. The van der Waals surface area contributed by atoms with Crippen LogP contribution in [0, 0.1) is 0 Å². The molecular formula is C12H11NO4. The first-order valence-electron chi connectivity index (χ1n) is 5.02. The van der Waals surface area contributed by atoms with Gasteiger partial charge in [0.05, 0.1) is 17.7 Å². The Morgan fingerprint density at radius 1 is 1.35 bits per heavy atom. The van der Waals surface area contributed by atoms with E-state index in [9.17, 15) is 9.59 Å². The maximum Gasteiger partial charge on any atom is 0.353 e. The number of aliphatic hydroxyl groups excluding tert-OH is 1. The number of aliphatic hydroxyl groups is 1. The molecule has 5 nitrogen and oxygen atoms in total. The fraction of sp³-hybridized carbons (Fsp3) is 0.167. The predicted octanol–water partition coefficient (Wildman–Crippen LogP) is 0.729. The van der Waals surface area contributed by atoms with Crippen LogP contribution in [0.25, 0.3) is 10.9 Å². The summed E-state index contributed by atoms with van der Waals surface area (Å²) in [6.45, 7) is -0.584. The smallest absolute Gasteiger partial charge is 0.353 e. The number of aromatic carboxylic acids is 1. The molecule has 0 atom stereocenters. The summed E-state index contributed by atoms with van der Waals surface area (Å²) in [5.74, 6) is -1.22. The maximum atomic E-state index is 12.0. The molecule has 0 aliphatic rings. The zero-order valence-corrected chi connectivity index (χ0v) is 9.17. The van der Waals surface area contributed by atoms with Crippen LogP contribution in [0.5, 0.6) is 0 Å². The number of aromatic nitrogens is 1. The van der Waals surface area contributed by atoms with Crippen molar-refractivity contribution in [2.45, 2.75) is 6.61 Å². The van der Waals surface area contributed by atoms with E-state index in [1.807, 2.05) is 0 Å². The van der Waals surface area contributed by atoms with Crippen molar-refractivity contribution in [3.63, 3.8) is 0 Å². The molecule has 2 aromatic rings. The third kappa shape index (κ3) is 1.60. The van der Waals surface area contributed by atoms with Gasteiger partial charge in [-0.25, -0.2) is 4.79 Å². The average molecular weight is 233 g/mol. The summed E-state index contributed by atoms with van der Waals surface area (Å²) in [5, 5.41) is 18.7. The number of carbonyl (C=O) groups is 1. The molecule has 1 heterocycles. The van der Waals surface area contributed by atoms with Crippen molar-refractivity contribution in [3.05, 3.63) is 45.7 Å². The zero-order chi connectivity index (χ0) is 12.6. The second-order valence-electron chi connectivity index (χ2n) is 3.70. The van der Waals surface area contributed by atoms with Gasteiger partial charge < -0.3 is 14.8 Å². The van der Waals surface area contributed by atoms with Crippen molar-refractivity contribution < 1.29 is 15.0 Å². The molecule has 5 heteroatoms. The SMILES string of the molecule is Cn1c(C(=O)O)c(CO)c(=O)c2ccccc21. The Kier molecular flexibility index (Phi) is 2.69. The summed E-state index contributed by atoms with van der Waals surface area (Å²) in [4.78, 5) is 23.1. The van der Waals surface area contributed by atoms with E-state index in [0.29, 0.717) is 10.9 Å². The number of para-hydroxylation sites is 1. The Morgan fingerprint density at radius 3 is 2.59 bits per heavy atom. The number of aryl methyl sites for hydroxylation is 1. The minimum absolute atomic E-state index is 0.0845. The number of hydrogen-bond acceptors (Lipinski definition) is 3. The van der Waals surface area contributed by atoms with E-state index >= 15 is 0 Å². The summed E-state index contributed by atoms with van der Waals surface area (Å²) in [7, 11) is 1.56. The third-order valence-electron chi connectivity index (χ3n) is 2.77. The molecule has 0 amide bonds. The molecule has 0 aliphatic heterocycles. The van der Waals surface area contributed by atoms with Gasteiger partial charge >= 0.3 is 5.97 Å². The number of hydrogen-bond donors (Lipinski definition) is 2. The molecule has 0 radical (unpaired) electrons. The highest BCUT2D eigenvalue weighted by Crippen LogP contribution is 2.15. The first kappa shape index (κ1) is 11.3. The molecule has 0 aliphatic carbocycles. The largest absolute Gasteiger partial charge is 0.477 e. The first-order chi connectivity index (χ1) is 8.07. The lowest BCUT2D eigenvalue weighted by Gasteiger charge is -2.12. The van der Waals surface area contributed by atoms with Crippen LogP contribution in [0.15, 0.2) is 29.1 Å². The Morgan fingerprint density at radius 2 is 2.00 bits per heavy atom. The second-order valence-corrected chi connectivity index (χ2v) is 3.70. The molecule has 1 aromatic carbocycles. The van der Waals surface area contributed by atoms with Gasteiger partial charge in [0.2, 0.25) is 0 Å². The number of carboxylic acid groups (broad SMARTS) is 1. The van der Waals surface area contributed by atoms with E-state index in [0.717, 1.165) is 0 Å². The van der Waals surface area contributed by atoms with Crippen LogP contribution in [-0.4, -0.2) is 20.7 Å². The minimum Gasteiger partial charge on any atom is -0.477 e. The van der Waals surface area contributed by atoms with Crippen LogP contribution < -0.4 is 5.43 Å². The fourth-order valence-corrected chi connectivity index (χ4v) is 1.97. The number of benzene rings is 1. The van der Waals surface area contributed by atoms with Gasteiger partial charge in [0.15, 0.2) is 5.43 Å². The Hall–Kier alpha value is -2.14. The van der Waals surface area contributed by atoms with Crippen LogP contribution in [0.2, 0.25) is 0 Å². The summed E-state index contributed by atoms with van der Waals surface area (Å²) in [5.41, 5.74) is -0.152. The van der Waals surface area contributed by atoms with Crippen LogP contribution >= 0.6 is 0 Å². The Bertz CT molecular complexity index is 657. The third-order valence-corrected chi connectivity index (χ3v) is 2.77. The molecule has 17 heavy (non-hydrogen) atoms. The van der Waals surface area contributed by atoms with Gasteiger partial charge in [-0.05, 0) is 12.1 Å². The van der Waals surface area contributed by atoms with E-state index < -0.39 is 18.0 Å². The van der Waals surface area contributed by atoms with Crippen molar-refractivity contribution in [2.24, 2.45) is 7.05 Å². The van der Waals surface area contributed by atoms with Gasteiger partial charge in [-0.15, -0.1) is 0 Å². The van der Waals surface area contributed by atoms with Crippen molar-refractivity contribution in [2.75, 3.05) is 0 Å². The lowest BCUT2D eigenvalue weighted by molar-refractivity contribution is 0.0682. The molecular weight excluding hydrogens is 222 g/mol. The summed E-state index contributed by atoms with van der Waals surface area (Å²) in [6.07, 6.45) is 0. The molecule has 88 valence electrons. The van der Waals surface area contributed by atoms with Gasteiger partial charge in [0, 0.05) is 12.4 Å². The van der Waals surface area contributed by atoms with Crippen LogP contribution in [0.3, 0.4) is 0 Å². The molecule has 2 N–H and O–H groups in total. The van der Waals surface area contributed by atoms with Gasteiger partial charge in [-0.2, -0.15) is 0 Å². The summed E-state index contributed by atoms with van der Waals surface area (Å²) >= 11 is 0. The molecule has 2 rings (SSSR count). The minimum atomic E-state index is -1.22. The van der Waals surface area contributed by atoms with Crippen LogP contribution in [0.1, 0.15) is 16.1 Å². The number of pyridine rings is 1. The molecule has 0 bridgehead atoms. The van der Waals surface area contributed by atoms with Crippen LogP contribution in [-0.2, 0) is 13.7 Å². The number of nitrogens with zero attached hydrogens (tertiary/aromatic N) is 1. The average Bonchev–Trinajstić information content (AvgIpc) is 2.33. The highest BCUT2D eigenvalue weighted by molar-refractivity contribution is 5.92. The van der Waals surface area contributed by atoms with E-state index in [4.69, 9.17) is 10.2 Å². The molecule has 0 saturated carbocycles. The topological polar surface area (TPSA) is 79.5 Å². The monoisotopic (exact) mass is 233 g/mol. The van der Waals surface area contributed by atoms with Crippen molar-refractivity contribution in [1.82, 2.24) is 4.57 Å². The maximum absolute atomic E-state index is 12.0. The highest BCUT2D eigenvalue weighted by Gasteiger charge is 2.19. The second kappa shape index (κ2) is 4.03. The van der Waals surface area contributed by atoms with Gasteiger partial charge in [-0.3, -0.25) is 4.79 Å². The fourth-order valence-electron chi connectivity index (χ4n) is 1.97. The van der Waals surface area contributed by atoms with Gasteiger partial charge in [-0.1, -0.05) is 12.1 Å². The lowest BCUT2D eigenvalue weighted by Crippen LogP contribution is -2.22. The van der Waals surface area contributed by atoms with E-state index in [2.05, 4.69) is 0 Å². The first-order valence-corrected chi connectivity index (χ1v) is 5.02. The van der Waals surface area contributed by atoms with Crippen molar-refractivity contribution in [3.8, 4) is 0 Å². The van der Waals surface area contributed by atoms with Crippen molar-refractivity contribution in [1.29, 1.82) is 0 Å². The molecule has 1 aromatic heterocycles. The van der Waals surface area contributed by atoms with Gasteiger partial charge in [0.25, 0.3) is 0 Å². The van der Waals surface area contributed by atoms with E-state index in [1.54, 1.807) is 31.3 Å². The zero-order valence-electron chi connectivity index (χ0n) is 9.17. The highest BCUT2D eigenvalue weighted by atomic mass is 16.4. The lowest BCUT2D eigenvalue weighted by atomic mass is 10.1. The van der Waals surface area contributed by atoms with E-state index in [-0.39, 0.29) is 11.3 Å². The predicted molar refractivity (Wildman–Crippen MR) is 62.1 cm³/mol. The molecule has 0 saturated heterocycles. The molecule has 0 unspecified atom stereocenters.